The van der Waals surface area contributed by atoms with Crippen molar-refractivity contribution in [1.29, 1.82) is 0 Å². The highest BCUT2D eigenvalue weighted by Crippen LogP contribution is 2.17. The van der Waals surface area contributed by atoms with Crippen LogP contribution in [0.2, 0.25) is 0 Å². The molecule has 6 heteroatoms. The molecule has 1 atom stereocenters. The molecule has 0 radical (unpaired) electrons. The molecular formula is C64H116O6. The van der Waals surface area contributed by atoms with E-state index in [1.165, 1.54) is 205 Å². The lowest BCUT2D eigenvalue weighted by molar-refractivity contribution is -0.167. The van der Waals surface area contributed by atoms with Crippen molar-refractivity contribution in [3.8, 4) is 0 Å². The standard InChI is InChI=1S/C64H116O6/c1-4-7-10-13-16-19-22-25-28-30-32-34-36-39-42-45-48-51-54-57-63(66)69-60-61(59-68-62(65)56-53-50-47-44-41-38-27-24-21-18-15-12-9-6-3)70-64(67)58-55-52-49-46-43-40-37-35-33-31-29-26-23-20-17-14-11-8-5-2/h9,12,16,18-19,21-22,25,61H,4-8,10-11,13-15,17,20,23-24,26-60H2,1-3H3/b12-9-,19-16-,21-18-,25-22-. The summed E-state index contributed by atoms with van der Waals surface area (Å²) in [5, 5.41) is 0. The molecule has 408 valence electrons. The summed E-state index contributed by atoms with van der Waals surface area (Å²) in [6.45, 7) is 6.55. The third-order valence-corrected chi connectivity index (χ3v) is 13.6. The molecule has 0 aromatic carbocycles. The van der Waals surface area contributed by atoms with Crippen molar-refractivity contribution in [2.45, 2.75) is 329 Å². The second-order valence-electron chi connectivity index (χ2n) is 20.6. The molecule has 1 unspecified atom stereocenters. The van der Waals surface area contributed by atoms with Crippen LogP contribution in [0, 0.1) is 0 Å². The Morgan fingerprint density at radius 2 is 0.600 bits per heavy atom. The topological polar surface area (TPSA) is 78.9 Å². The number of ether oxygens (including phenoxy) is 3. The van der Waals surface area contributed by atoms with Crippen molar-refractivity contribution in [2.24, 2.45) is 0 Å². The van der Waals surface area contributed by atoms with E-state index in [1.807, 2.05) is 0 Å². The van der Waals surface area contributed by atoms with Crippen LogP contribution in [0.3, 0.4) is 0 Å². The van der Waals surface area contributed by atoms with Gasteiger partial charge in [0.1, 0.15) is 13.2 Å². The van der Waals surface area contributed by atoms with E-state index in [0.29, 0.717) is 19.3 Å². The highest BCUT2D eigenvalue weighted by Gasteiger charge is 2.19. The van der Waals surface area contributed by atoms with Crippen LogP contribution in [0.25, 0.3) is 0 Å². The van der Waals surface area contributed by atoms with Crippen molar-refractivity contribution in [1.82, 2.24) is 0 Å². The maximum Gasteiger partial charge on any atom is 0.306 e. The third kappa shape index (κ3) is 56.3. The van der Waals surface area contributed by atoms with Crippen molar-refractivity contribution in [3.05, 3.63) is 48.6 Å². The number of carbonyl (C=O) groups is 3. The fourth-order valence-electron chi connectivity index (χ4n) is 9.00. The molecule has 0 saturated carbocycles. The summed E-state index contributed by atoms with van der Waals surface area (Å²) in [6, 6.07) is 0. The van der Waals surface area contributed by atoms with Crippen molar-refractivity contribution < 1.29 is 28.6 Å². The minimum Gasteiger partial charge on any atom is -0.462 e. The van der Waals surface area contributed by atoms with Crippen LogP contribution in [0.5, 0.6) is 0 Å². The second kappa shape index (κ2) is 58.9. The number of allylic oxidation sites excluding steroid dienone is 8. The van der Waals surface area contributed by atoms with Crippen LogP contribution in [0.4, 0.5) is 0 Å². The van der Waals surface area contributed by atoms with Crippen LogP contribution >= 0.6 is 0 Å². The maximum atomic E-state index is 12.9. The van der Waals surface area contributed by atoms with Gasteiger partial charge in [-0.3, -0.25) is 14.4 Å². The van der Waals surface area contributed by atoms with Crippen LogP contribution in [-0.2, 0) is 28.6 Å². The summed E-state index contributed by atoms with van der Waals surface area (Å²) >= 11 is 0. The van der Waals surface area contributed by atoms with E-state index in [2.05, 4.69) is 69.4 Å². The van der Waals surface area contributed by atoms with Crippen LogP contribution < -0.4 is 0 Å². The van der Waals surface area contributed by atoms with Crippen LogP contribution in [0.1, 0.15) is 323 Å². The van der Waals surface area contributed by atoms with E-state index in [4.69, 9.17) is 14.2 Å². The average molecular weight is 982 g/mol. The third-order valence-electron chi connectivity index (χ3n) is 13.6. The van der Waals surface area contributed by atoms with Crippen molar-refractivity contribution in [3.63, 3.8) is 0 Å². The minimum absolute atomic E-state index is 0.0742. The molecule has 0 aromatic rings. The number of hydrogen-bond donors (Lipinski definition) is 0. The van der Waals surface area contributed by atoms with E-state index in [-0.39, 0.29) is 31.1 Å². The molecule has 0 fully saturated rings. The number of esters is 3. The van der Waals surface area contributed by atoms with Gasteiger partial charge in [0.25, 0.3) is 0 Å². The Hall–Kier alpha value is -2.63. The minimum atomic E-state index is -0.776. The zero-order chi connectivity index (χ0) is 50.7. The molecule has 0 N–H and O–H groups in total. The molecule has 6 nitrogen and oxygen atoms in total. The first-order valence-electron chi connectivity index (χ1n) is 30.7. The predicted octanol–water partition coefficient (Wildman–Crippen LogP) is 20.6. The Morgan fingerprint density at radius 3 is 0.971 bits per heavy atom. The molecule has 70 heavy (non-hydrogen) atoms. The van der Waals surface area contributed by atoms with Gasteiger partial charge in [0.15, 0.2) is 6.10 Å². The molecule has 0 aromatic heterocycles. The van der Waals surface area contributed by atoms with Gasteiger partial charge >= 0.3 is 17.9 Å². The van der Waals surface area contributed by atoms with Gasteiger partial charge in [0.05, 0.1) is 0 Å². The lowest BCUT2D eigenvalue weighted by Gasteiger charge is -2.18. The Balaban J connectivity index is 4.33. The molecule has 0 spiro atoms. The van der Waals surface area contributed by atoms with Gasteiger partial charge in [0, 0.05) is 19.3 Å². The first-order chi connectivity index (χ1) is 34.5. The maximum absolute atomic E-state index is 12.9. The quantitative estimate of drug-likeness (QED) is 0.0199. The smallest absolute Gasteiger partial charge is 0.306 e. The van der Waals surface area contributed by atoms with Gasteiger partial charge in [-0.05, 0) is 70.6 Å². The molecule has 0 saturated heterocycles. The normalized spacial score (nSPS) is 12.3. The Kier molecular flexibility index (Phi) is 56.7. The largest absolute Gasteiger partial charge is 0.462 e. The van der Waals surface area contributed by atoms with Crippen LogP contribution in [0.15, 0.2) is 48.6 Å². The van der Waals surface area contributed by atoms with E-state index < -0.39 is 6.10 Å². The summed E-state index contributed by atoms with van der Waals surface area (Å²) in [7, 11) is 0. The van der Waals surface area contributed by atoms with Gasteiger partial charge < -0.3 is 14.2 Å². The SMILES string of the molecule is CC/C=C\C/C=C\CCCCCCCCCC(=O)OCC(COC(=O)CCCCCCCCCCCC/C=C\C=C/CCCCC)OC(=O)CCCCCCCCCCCCCCCCCCCCC. The molecule has 0 aliphatic heterocycles. The monoisotopic (exact) mass is 981 g/mol. The number of unbranched alkanes of at least 4 members (excludes halogenated alkanes) is 38. The van der Waals surface area contributed by atoms with Gasteiger partial charge in [0.2, 0.25) is 0 Å². The van der Waals surface area contributed by atoms with Gasteiger partial charge in [-0.1, -0.05) is 281 Å². The van der Waals surface area contributed by atoms with E-state index in [0.717, 1.165) is 77.0 Å². The fraction of sp³-hybridized carbons (Fsp3) is 0.828. The molecule has 0 heterocycles. The summed E-state index contributed by atoms with van der Waals surface area (Å²) in [4.78, 5) is 38.2. The predicted molar refractivity (Wildman–Crippen MR) is 302 cm³/mol. The number of rotatable bonds is 56. The fourth-order valence-corrected chi connectivity index (χ4v) is 9.00. The number of hydrogen-bond acceptors (Lipinski definition) is 6. The van der Waals surface area contributed by atoms with Crippen molar-refractivity contribution in [2.75, 3.05) is 13.2 Å². The van der Waals surface area contributed by atoms with Crippen LogP contribution in [-0.4, -0.2) is 37.2 Å². The first-order valence-corrected chi connectivity index (χ1v) is 30.7. The second-order valence-corrected chi connectivity index (χ2v) is 20.6. The van der Waals surface area contributed by atoms with Crippen molar-refractivity contribution >= 4 is 17.9 Å². The molecule has 0 amide bonds. The molecule has 0 bridgehead atoms. The zero-order valence-electron chi connectivity index (χ0n) is 46.8. The highest BCUT2D eigenvalue weighted by atomic mass is 16.6. The molecule has 0 aliphatic rings. The lowest BCUT2D eigenvalue weighted by atomic mass is 10.0. The van der Waals surface area contributed by atoms with E-state index in [1.54, 1.807) is 0 Å². The van der Waals surface area contributed by atoms with Gasteiger partial charge in [-0.2, -0.15) is 0 Å². The molecular weight excluding hydrogens is 865 g/mol. The lowest BCUT2D eigenvalue weighted by Crippen LogP contribution is -2.30. The first kappa shape index (κ1) is 67.4. The Bertz CT molecular complexity index is 1220. The zero-order valence-corrected chi connectivity index (χ0v) is 46.8. The Morgan fingerprint density at radius 1 is 0.314 bits per heavy atom. The van der Waals surface area contributed by atoms with E-state index in [9.17, 15) is 14.4 Å². The van der Waals surface area contributed by atoms with E-state index >= 15 is 0 Å². The summed E-state index contributed by atoms with van der Waals surface area (Å²) < 4.78 is 16.9. The van der Waals surface area contributed by atoms with Gasteiger partial charge in [-0.25, -0.2) is 0 Å². The summed E-state index contributed by atoms with van der Waals surface area (Å²) in [5.41, 5.74) is 0. The van der Waals surface area contributed by atoms with Gasteiger partial charge in [-0.15, -0.1) is 0 Å². The number of carbonyl (C=O) groups excluding carboxylic acids is 3. The highest BCUT2D eigenvalue weighted by molar-refractivity contribution is 5.71. The summed E-state index contributed by atoms with van der Waals surface area (Å²) in [6.07, 6.45) is 72.5. The summed E-state index contributed by atoms with van der Waals surface area (Å²) in [5.74, 6) is -0.866. The average Bonchev–Trinajstić information content (AvgIpc) is 3.36. The molecule has 0 rings (SSSR count). The molecule has 0 aliphatic carbocycles. The Labute approximate surface area is 435 Å².